The van der Waals surface area contributed by atoms with Crippen molar-refractivity contribution in [1.29, 1.82) is 0 Å². The molecule has 30 heavy (non-hydrogen) atoms. The van der Waals surface area contributed by atoms with Gasteiger partial charge in [-0.15, -0.1) is 0 Å². The van der Waals surface area contributed by atoms with Gasteiger partial charge in [0.2, 0.25) is 5.91 Å². The molecular weight excluding hydrogens is 376 g/mol. The zero-order valence-electron chi connectivity index (χ0n) is 17.1. The van der Waals surface area contributed by atoms with Gasteiger partial charge in [-0.3, -0.25) is 9.59 Å². The summed E-state index contributed by atoms with van der Waals surface area (Å²) in [5.41, 5.74) is 3.99. The van der Waals surface area contributed by atoms with E-state index in [0.29, 0.717) is 12.3 Å². The highest BCUT2D eigenvalue weighted by Crippen LogP contribution is 2.26. The third kappa shape index (κ3) is 4.82. The Hall–Kier alpha value is -3.28. The van der Waals surface area contributed by atoms with Crippen LogP contribution in [0.5, 0.6) is 0 Å². The predicted molar refractivity (Wildman–Crippen MR) is 115 cm³/mol. The van der Waals surface area contributed by atoms with Gasteiger partial charge in [0.05, 0.1) is 12.5 Å². The van der Waals surface area contributed by atoms with E-state index in [9.17, 15) is 9.59 Å². The van der Waals surface area contributed by atoms with Crippen molar-refractivity contribution >= 4 is 17.4 Å². The van der Waals surface area contributed by atoms with Crippen LogP contribution < -0.4 is 5.32 Å². The molecule has 0 saturated heterocycles. The minimum absolute atomic E-state index is 0.0438. The van der Waals surface area contributed by atoms with E-state index in [0.717, 1.165) is 48.1 Å². The number of hydrogen-bond donors (Lipinski definition) is 1. The minimum atomic E-state index is -0.262. The van der Waals surface area contributed by atoms with E-state index >= 15 is 0 Å². The Morgan fingerprint density at radius 1 is 1.13 bits per heavy atom. The van der Waals surface area contributed by atoms with Gasteiger partial charge in [-0.05, 0) is 55.0 Å². The molecule has 1 heterocycles. The molecule has 0 aliphatic heterocycles. The van der Waals surface area contributed by atoms with E-state index in [2.05, 4.69) is 15.4 Å². The maximum absolute atomic E-state index is 12.7. The highest BCUT2D eigenvalue weighted by molar-refractivity contribution is 5.95. The lowest BCUT2D eigenvalue weighted by atomic mass is 9.94. The maximum Gasteiger partial charge on any atom is 0.231 e. The Morgan fingerprint density at radius 3 is 2.50 bits per heavy atom. The Labute approximate surface area is 176 Å². The minimum Gasteiger partial charge on any atom is -0.326 e. The summed E-state index contributed by atoms with van der Waals surface area (Å²) in [5, 5.41) is 7.08. The first kappa shape index (κ1) is 20.0. The number of amides is 1. The summed E-state index contributed by atoms with van der Waals surface area (Å²) < 4.78 is 1.75. The Morgan fingerprint density at radius 2 is 1.87 bits per heavy atom. The second kappa shape index (κ2) is 9.03. The topological polar surface area (TPSA) is 76.9 Å². The van der Waals surface area contributed by atoms with E-state index in [1.807, 2.05) is 55.5 Å². The molecule has 2 aromatic carbocycles. The van der Waals surface area contributed by atoms with Crippen LogP contribution in [0.3, 0.4) is 0 Å². The van der Waals surface area contributed by atoms with Gasteiger partial charge in [-0.25, -0.2) is 9.67 Å². The average molecular weight is 402 g/mol. The van der Waals surface area contributed by atoms with E-state index < -0.39 is 0 Å². The van der Waals surface area contributed by atoms with E-state index in [4.69, 9.17) is 0 Å². The van der Waals surface area contributed by atoms with E-state index in [1.54, 1.807) is 11.0 Å². The molecule has 0 radical (unpaired) electrons. The molecule has 4 rings (SSSR count). The molecule has 6 nitrogen and oxygen atoms in total. The van der Waals surface area contributed by atoms with E-state index in [-0.39, 0.29) is 17.7 Å². The number of benzene rings is 2. The quantitative estimate of drug-likeness (QED) is 0.648. The molecule has 1 aliphatic rings. The number of aromatic nitrogens is 3. The number of carbonyl (C=O) groups is 2. The Kier molecular flexibility index (Phi) is 6.02. The zero-order valence-corrected chi connectivity index (χ0v) is 17.1. The lowest BCUT2D eigenvalue weighted by molar-refractivity contribution is -0.120. The monoisotopic (exact) mass is 402 g/mol. The van der Waals surface area contributed by atoms with Crippen LogP contribution >= 0.6 is 0 Å². The summed E-state index contributed by atoms with van der Waals surface area (Å²) in [7, 11) is 0. The molecule has 6 heteroatoms. The average Bonchev–Trinajstić information content (AvgIpc) is 3.41. The van der Waals surface area contributed by atoms with Crippen molar-refractivity contribution in [2.45, 2.75) is 45.1 Å². The smallest absolute Gasteiger partial charge is 0.231 e. The van der Waals surface area contributed by atoms with Gasteiger partial charge in [0.25, 0.3) is 0 Å². The number of nitrogens with zero attached hydrogens (tertiary/aromatic N) is 3. The van der Waals surface area contributed by atoms with Crippen molar-refractivity contribution in [2.24, 2.45) is 5.92 Å². The first-order valence-corrected chi connectivity index (χ1v) is 10.4. The number of carbonyl (C=O) groups excluding carboxylic acids is 2. The van der Waals surface area contributed by atoms with Crippen molar-refractivity contribution in [3.8, 4) is 0 Å². The van der Waals surface area contributed by atoms with Crippen LogP contribution in [0.4, 0.5) is 5.69 Å². The summed E-state index contributed by atoms with van der Waals surface area (Å²) >= 11 is 0. The van der Waals surface area contributed by atoms with Crippen molar-refractivity contribution in [3.63, 3.8) is 0 Å². The summed E-state index contributed by atoms with van der Waals surface area (Å²) in [5.74, 6) is 0.253. The highest BCUT2D eigenvalue weighted by Gasteiger charge is 2.24. The summed E-state index contributed by atoms with van der Waals surface area (Å²) in [6.45, 7) is 2.55. The molecule has 1 aromatic heterocycles. The molecule has 0 bridgehead atoms. The van der Waals surface area contributed by atoms with Crippen LogP contribution in [0.25, 0.3) is 0 Å². The van der Waals surface area contributed by atoms with Crippen molar-refractivity contribution < 1.29 is 9.59 Å². The number of anilines is 1. The fraction of sp³-hybridized carbons (Fsp3) is 0.333. The van der Waals surface area contributed by atoms with Crippen LogP contribution in [-0.2, 0) is 22.6 Å². The molecule has 1 N–H and O–H groups in total. The van der Waals surface area contributed by atoms with E-state index in [1.165, 1.54) is 6.33 Å². The SMILES string of the molecule is C[C@H](C(=O)Nc1ccc(Cn2cncn2)cc1)c1ccc(C[C@@H]2CCCC2=O)cc1. The molecule has 1 saturated carbocycles. The summed E-state index contributed by atoms with van der Waals surface area (Å²) in [6, 6.07) is 15.8. The van der Waals surface area contributed by atoms with Crippen LogP contribution in [-0.4, -0.2) is 26.5 Å². The van der Waals surface area contributed by atoms with Gasteiger partial charge >= 0.3 is 0 Å². The van der Waals surface area contributed by atoms with Crippen LogP contribution in [0.2, 0.25) is 0 Å². The highest BCUT2D eigenvalue weighted by atomic mass is 16.2. The Bertz CT molecular complexity index is 995. The third-order valence-electron chi connectivity index (χ3n) is 5.82. The first-order valence-electron chi connectivity index (χ1n) is 10.4. The van der Waals surface area contributed by atoms with Gasteiger partial charge in [0.15, 0.2) is 0 Å². The van der Waals surface area contributed by atoms with Crippen molar-refractivity contribution in [1.82, 2.24) is 14.8 Å². The zero-order chi connectivity index (χ0) is 20.9. The third-order valence-corrected chi connectivity index (χ3v) is 5.82. The second-order valence-corrected chi connectivity index (χ2v) is 8.00. The number of rotatable bonds is 7. The van der Waals surface area contributed by atoms with Crippen LogP contribution in [0, 0.1) is 5.92 Å². The van der Waals surface area contributed by atoms with Gasteiger partial charge in [-0.1, -0.05) is 36.4 Å². The molecule has 1 aliphatic carbocycles. The van der Waals surface area contributed by atoms with Crippen molar-refractivity contribution in [3.05, 3.63) is 77.9 Å². The fourth-order valence-corrected chi connectivity index (χ4v) is 3.93. The van der Waals surface area contributed by atoms with Gasteiger partial charge in [0, 0.05) is 18.0 Å². The molecule has 1 fully saturated rings. The number of Topliss-reactive ketones (excluding diaryl/α,β-unsaturated/α-hetero) is 1. The molecule has 1 amide bonds. The molecular formula is C24H26N4O2. The normalized spacial score (nSPS) is 17.1. The fourth-order valence-electron chi connectivity index (χ4n) is 3.93. The Balaban J connectivity index is 1.33. The summed E-state index contributed by atoms with van der Waals surface area (Å²) in [6.07, 6.45) is 6.73. The van der Waals surface area contributed by atoms with Gasteiger partial charge in [-0.2, -0.15) is 5.10 Å². The summed E-state index contributed by atoms with van der Waals surface area (Å²) in [4.78, 5) is 28.5. The molecule has 154 valence electrons. The lowest BCUT2D eigenvalue weighted by Crippen LogP contribution is -2.19. The second-order valence-electron chi connectivity index (χ2n) is 8.00. The lowest BCUT2D eigenvalue weighted by Gasteiger charge is -2.14. The molecule has 0 unspecified atom stereocenters. The number of hydrogen-bond acceptors (Lipinski definition) is 4. The van der Waals surface area contributed by atoms with Crippen LogP contribution in [0.1, 0.15) is 48.8 Å². The molecule has 3 aromatic rings. The first-order chi connectivity index (χ1) is 14.6. The standard InChI is InChI=1S/C24H26N4O2/c1-17(20-9-5-18(6-10-20)13-21-3-2-4-23(21)29)24(30)27-22-11-7-19(8-12-22)14-28-16-25-15-26-28/h5-12,15-17,21H,2-4,13-14H2,1H3,(H,27,30)/t17-,21-/m0/s1. The maximum atomic E-state index is 12.7. The number of ketones is 1. The van der Waals surface area contributed by atoms with Crippen LogP contribution in [0.15, 0.2) is 61.2 Å². The van der Waals surface area contributed by atoms with Crippen molar-refractivity contribution in [2.75, 3.05) is 5.32 Å². The van der Waals surface area contributed by atoms with Gasteiger partial charge < -0.3 is 5.32 Å². The molecule has 2 atom stereocenters. The van der Waals surface area contributed by atoms with Gasteiger partial charge in [0.1, 0.15) is 18.4 Å². The number of nitrogens with one attached hydrogen (secondary N) is 1. The predicted octanol–water partition coefficient (Wildman–Crippen LogP) is 3.98. The largest absolute Gasteiger partial charge is 0.326 e. The molecule has 0 spiro atoms.